The summed E-state index contributed by atoms with van der Waals surface area (Å²) in [6.45, 7) is 3.28. The smallest absolute Gasteiger partial charge is 0.225 e. The van der Waals surface area contributed by atoms with E-state index in [2.05, 4.69) is 10.6 Å². The quantitative estimate of drug-likeness (QED) is 0.586. The lowest BCUT2D eigenvalue weighted by Gasteiger charge is -2.22. The second-order valence-corrected chi connectivity index (χ2v) is 4.64. The summed E-state index contributed by atoms with van der Waals surface area (Å²) in [4.78, 5) is 11.8. The van der Waals surface area contributed by atoms with Crippen LogP contribution in [0.3, 0.4) is 0 Å². The Morgan fingerprint density at radius 3 is 3.00 bits per heavy atom. The molecule has 0 saturated carbocycles. The van der Waals surface area contributed by atoms with Gasteiger partial charge in [-0.2, -0.15) is 0 Å². The van der Waals surface area contributed by atoms with Crippen LogP contribution in [0.4, 0.5) is 0 Å². The van der Waals surface area contributed by atoms with E-state index < -0.39 is 0 Å². The van der Waals surface area contributed by atoms with Gasteiger partial charge in [0.1, 0.15) is 0 Å². The Balaban J connectivity index is 1.70. The van der Waals surface area contributed by atoms with Crippen LogP contribution >= 0.6 is 0 Å². The van der Waals surface area contributed by atoms with E-state index in [1.54, 1.807) is 0 Å². The van der Waals surface area contributed by atoms with Crippen LogP contribution in [0.2, 0.25) is 0 Å². The number of carbonyl (C=O) groups is 1. The second-order valence-electron chi connectivity index (χ2n) is 4.64. The molecule has 0 spiro atoms. The van der Waals surface area contributed by atoms with Gasteiger partial charge in [-0.05, 0) is 12.8 Å². The normalized spacial score (nSPS) is 34.9. The summed E-state index contributed by atoms with van der Waals surface area (Å²) in [5, 5.41) is 15.6. The molecule has 2 fully saturated rings. The summed E-state index contributed by atoms with van der Waals surface area (Å²) in [6.07, 6.45) is 1.55. The third kappa shape index (κ3) is 2.93. The molecule has 3 N–H and O–H groups in total. The first-order valence-corrected chi connectivity index (χ1v) is 6.01. The van der Waals surface area contributed by atoms with Crippen molar-refractivity contribution >= 4 is 5.91 Å². The van der Waals surface area contributed by atoms with E-state index in [-0.39, 0.29) is 23.8 Å². The van der Waals surface area contributed by atoms with Gasteiger partial charge in [0.05, 0.1) is 18.6 Å². The van der Waals surface area contributed by atoms with Crippen molar-refractivity contribution in [2.75, 3.05) is 32.8 Å². The summed E-state index contributed by atoms with van der Waals surface area (Å²) < 4.78 is 5.27. The van der Waals surface area contributed by atoms with Crippen molar-refractivity contribution in [1.82, 2.24) is 10.6 Å². The lowest BCUT2D eigenvalue weighted by atomic mass is 10.0. The first kappa shape index (κ1) is 11.8. The third-order valence-corrected chi connectivity index (χ3v) is 3.37. The van der Waals surface area contributed by atoms with Crippen molar-refractivity contribution < 1.29 is 14.6 Å². The monoisotopic (exact) mass is 228 g/mol. The number of carbonyl (C=O) groups excluding carboxylic acids is 1. The van der Waals surface area contributed by atoms with E-state index in [4.69, 9.17) is 4.74 Å². The number of β-amino-alcohol motifs (C(OH)–C–C–N with tert-alkyl or cyclic N) is 1. The molecule has 3 unspecified atom stereocenters. The third-order valence-electron chi connectivity index (χ3n) is 3.37. The maximum atomic E-state index is 11.8. The van der Waals surface area contributed by atoms with Crippen molar-refractivity contribution in [1.29, 1.82) is 0 Å². The van der Waals surface area contributed by atoms with Gasteiger partial charge in [-0.15, -0.1) is 0 Å². The summed E-state index contributed by atoms with van der Waals surface area (Å²) in [7, 11) is 0. The zero-order valence-electron chi connectivity index (χ0n) is 9.45. The molecule has 1 amide bonds. The summed E-state index contributed by atoms with van der Waals surface area (Å²) in [6, 6.07) is 0. The minimum Gasteiger partial charge on any atom is -0.391 e. The van der Waals surface area contributed by atoms with Gasteiger partial charge >= 0.3 is 0 Å². The Morgan fingerprint density at radius 2 is 2.38 bits per heavy atom. The fraction of sp³-hybridized carbons (Fsp3) is 0.909. The Labute approximate surface area is 95.5 Å². The van der Waals surface area contributed by atoms with E-state index in [1.165, 1.54) is 0 Å². The average Bonchev–Trinajstić information content (AvgIpc) is 2.73. The molecule has 2 aliphatic heterocycles. The molecule has 2 aliphatic rings. The molecule has 5 nitrogen and oxygen atoms in total. The minimum absolute atomic E-state index is 0.000236. The molecule has 2 rings (SSSR count). The molecule has 0 aliphatic carbocycles. The Hall–Kier alpha value is -0.650. The van der Waals surface area contributed by atoms with Gasteiger partial charge in [-0.1, -0.05) is 0 Å². The van der Waals surface area contributed by atoms with Crippen LogP contribution in [0.15, 0.2) is 0 Å². The first-order valence-electron chi connectivity index (χ1n) is 6.01. The standard InChI is InChI=1S/C11H20N2O3/c14-10-6-12-4-9(10)5-13-11(15)8-2-1-3-16-7-8/h8-10,12,14H,1-7H2,(H,13,15). The Bertz CT molecular complexity index is 241. The Morgan fingerprint density at radius 1 is 1.50 bits per heavy atom. The molecule has 0 aromatic heterocycles. The Kier molecular flexibility index (Phi) is 4.15. The van der Waals surface area contributed by atoms with Gasteiger partial charge in [0.15, 0.2) is 0 Å². The molecule has 0 bridgehead atoms. The van der Waals surface area contributed by atoms with E-state index in [0.717, 1.165) is 26.0 Å². The fourth-order valence-electron chi connectivity index (χ4n) is 2.25. The van der Waals surface area contributed by atoms with Gasteiger partial charge in [-0.3, -0.25) is 4.79 Å². The maximum Gasteiger partial charge on any atom is 0.225 e. The minimum atomic E-state index is -0.331. The van der Waals surface area contributed by atoms with E-state index in [1.807, 2.05) is 0 Å². The lowest BCUT2D eigenvalue weighted by Crippen LogP contribution is -2.40. The van der Waals surface area contributed by atoms with Crippen molar-refractivity contribution in [2.24, 2.45) is 11.8 Å². The second kappa shape index (κ2) is 5.61. The summed E-state index contributed by atoms with van der Waals surface area (Å²) in [5.74, 6) is 0.215. The molecule has 92 valence electrons. The molecular weight excluding hydrogens is 208 g/mol. The van der Waals surface area contributed by atoms with Gasteiger partial charge in [0, 0.05) is 32.2 Å². The number of amides is 1. The number of aliphatic hydroxyl groups excluding tert-OH is 1. The van der Waals surface area contributed by atoms with Crippen LogP contribution < -0.4 is 10.6 Å². The van der Waals surface area contributed by atoms with Crippen molar-refractivity contribution in [3.8, 4) is 0 Å². The zero-order chi connectivity index (χ0) is 11.4. The highest BCUT2D eigenvalue weighted by Gasteiger charge is 2.27. The molecule has 0 radical (unpaired) electrons. The van der Waals surface area contributed by atoms with Crippen molar-refractivity contribution in [3.63, 3.8) is 0 Å². The zero-order valence-corrected chi connectivity index (χ0v) is 9.45. The topological polar surface area (TPSA) is 70.6 Å². The molecule has 0 aromatic carbocycles. The van der Waals surface area contributed by atoms with E-state index in [9.17, 15) is 9.90 Å². The maximum absolute atomic E-state index is 11.8. The number of aliphatic hydroxyl groups is 1. The molecule has 16 heavy (non-hydrogen) atoms. The fourth-order valence-corrected chi connectivity index (χ4v) is 2.25. The van der Waals surface area contributed by atoms with Gasteiger partial charge in [-0.25, -0.2) is 0 Å². The molecule has 2 saturated heterocycles. The number of hydrogen-bond acceptors (Lipinski definition) is 4. The van der Waals surface area contributed by atoms with Crippen LogP contribution in [0.1, 0.15) is 12.8 Å². The van der Waals surface area contributed by atoms with Crippen molar-refractivity contribution in [3.05, 3.63) is 0 Å². The SMILES string of the molecule is O=C(NCC1CNCC1O)C1CCCOC1. The molecule has 2 heterocycles. The predicted molar refractivity (Wildman–Crippen MR) is 58.9 cm³/mol. The van der Waals surface area contributed by atoms with Gasteiger partial charge < -0.3 is 20.5 Å². The molecule has 3 atom stereocenters. The van der Waals surface area contributed by atoms with Crippen LogP contribution in [0.5, 0.6) is 0 Å². The first-order chi connectivity index (χ1) is 7.77. The van der Waals surface area contributed by atoms with Crippen LogP contribution in [-0.4, -0.2) is 50.0 Å². The van der Waals surface area contributed by atoms with Gasteiger partial charge in [0.25, 0.3) is 0 Å². The van der Waals surface area contributed by atoms with Gasteiger partial charge in [0.2, 0.25) is 5.91 Å². The van der Waals surface area contributed by atoms with Crippen LogP contribution in [-0.2, 0) is 9.53 Å². The van der Waals surface area contributed by atoms with Crippen LogP contribution in [0, 0.1) is 11.8 Å². The highest BCUT2D eigenvalue weighted by atomic mass is 16.5. The summed E-state index contributed by atoms with van der Waals surface area (Å²) >= 11 is 0. The predicted octanol–water partition coefficient (Wildman–Crippen LogP) is -0.890. The largest absolute Gasteiger partial charge is 0.391 e. The van der Waals surface area contributed by atoms with E-state index in [0.29, 0.717) is 19.7 Å². The van der Waals surface area contributed by atoms with Crippen molar-refractivity contribution in [2.45, 2.75) is 18.9 Å². The van der Waals surface area contributed by atoms with E-state index >= 15 is 0 Å². The molecule has 0 aromatic rings. The molecule has 5 heteroatoms. The lowest BCUT2D eigenvalue weighted by molar-refractivity contribution is -0.129. The highest BCUT2D eigenvalue weighted by Crippen LogP contribution is 2.14. The highest BCUT2D eigenvalue weighted by molar-refractivity contribution is 5.78. The average molecular weight is 228 g/mol. The van der Waals surface area contributed by atoms with Crippen LogP contribution in [0.25, 0.3) is 0 Å². The number of hydrogen-bond donors (Lipinski definition) is 3. The number of nitrogens with one attached hydrogen (secondary N) is 2. The molecular formula is C11H20N2O3. The summed E-state index contributed by atoms with van der Waals surface area (Å²) in [5.41, 5.74) is 0. The number of ether oxygens (including phenoxy) is 1. The number of rotatable bonds is 3.